The van der Waals surface area contributed by atoms with E-state index in [0.29, 0.717) is 23.4 Å². The minimum Gasteiger partial charge on any atom is -0.497 e. The van der Waals surface area contributed by atoms with Gasteiger partial charge in [-0.15, -0.1) is 0 Å². The summed E-state index contributed by atoms with van der Waals surface area (Å²) in [4.78, 5) is 22.9. The van der Waals surface area contributed by atoms with Crippen molar-refractivity contribution in [2.45, 2.75) is 42.8 Å². The van der Waals surface area contributed by atoms with Crippen LogP contribution in [0, 0.1) is 6.92 Å². The van der Waals surface area contributed by atoms with Crippen LogP contribution in [0.2, 0.25) is 0 Å². The highest BCUT2D eigenvalue weighted by atomic mass is 32.2. The molecule has 0 bridgehead atoms. The first kappa shape index (κ1) is 25.1. The number of amides is 1. The van der Waals surface area contributed by atoms with Crippen LogP contribution in [0.15, 0.2) is 66.0 Å². The highest BCUT2D eigenvalue weighted by Gasteiger charge is 2.42. The summed E-state index contributed by atoms with van der Waals surface area (Å²) in [6, 6.07) is 18.3. The number of thioether (sulfide) groups is 1. The number of aryl methyl sites for hydroxylation is 1. The lowest BCUT2D eigenvalue weighted by Crippen LogP contribution is -2.51. The summed E-state index contributed by atoms with van der Waals surface area (Å²) >= 11 is 1.56. The maximum absolute atomic E-state index is 13.3. The van der Waals surface area contributed by atoms with E-state index in [4.69, 9.17) is 20.4 Å². The van der Waals surface area contributed by atoms with Crippen molar-refractivity contribution in [2.24, 2.45) is 5.73 Å². The number of carbonyl (C=O) groups excluding carboxylic acids is 1. The normalized spacial score (nSPS) is 15.2. The van der Waals surface area contributed by atoms with Crippen LogP contribution in [0.4, 0.5) is 5.69 Å². The number of methoxy groups -OCH3 is 1. The Morgan fingerprint density at radius 2 is 2.00 bits per heavy atom. The Morgan fingerprint density at radius 1 is 1.22 bits per heavy atom. The second kappa shape index (κ2) is 10.4. The summed E-state index contributed by atoms with van der Waals surface area (Å²) in [7, 11) is 1.66. The van der Waals surface area contributed by atoms with Crippen LogP contribution in [0.5, 0.6) is 5.75 Å². The van der Waals surface area contributed by atoms with Gasteiger partial charge in [0.05, 0.1) is 13.2 Å². The van der Waals surface area contributed by atoms with Crippen LogP contribution in [0.3, 0.4) is 0 Å². The summed E-state index contributed by atoms with van der Waals surface area (Å²) in [6.07, 6.45) is 2.36. The zero-order valence-corrected chi connectivity index (χ0v) is 22.1. The fourth-order valence-electron chi connectivity index (χ4n) is 4.85. The summed E-state index contributed by atoms with van der Waals surface area (Å²) < 4.78 is 7.16. The molecule has 9 heteroatoms. The van der Waals surface area contributed by atoms with Gasteiger partial charge >= 0.3 is 0 Å². The molecular formula is C28H32N6O2S. The van der Waals surface area contributed by atoms with Gasteiger partial charge in [0, 0.05) is 30.7 Å². The Hall–Kier alpha value is -3.56. The third-order valence-electron chi connectivity index (χ3n) is 7.06. The topological polar surface area (TPSA) is 107 Å². The van der Waals surface area contributed by atoms with Gasteiger partial charge in [-0.25, -0.2) is 9.97 Å². The molecule has 1 unspecified atom stereocenters. The molecular weight excluding hydrogens is 484 g/mol. The lowest BCUT2D eigenvalue weighted by Gasteiger charge is -2.36. The zero-order valence-electron chi connectivity index (χ0n) is 21.3. The molecule has 8 nitrogen and oxygen atoms in total. The molecule has 0 radical (unpaired) electrons. The second-order valence-electron chi connectivity index (χ2n) is 9.34. The number of imidazole rings is 1. The van der Waals surface area contributed by atoms with Gasteiger partial charge in [-0.2, -0.15) is 0 Å². The highest BCUT2D eigenvalue weighted by molar-refractivity contribution is 7.98. The number of fused-ring (bicyclic) bond motifs is 1. The number of anilines is 1. The van der Waals surface area contributed by atoms with Crippen molar-refractivity contribution in [1.82, 2.24) is 19.9 Å². The molecule has 1 fully saturated rings. The van der Waals surface area contributed by atoms with Crippen molar-refractivity contribution in [1.29, 1.82) is 0 Å². The number of benzene rings is 2. The molecule has 0 aromatic heterocycles. The van der Waals surface area contributed by atoms with Gasteiger partial charge in [-0.3, -0.25) is 4.79 Å². The number of hydrogen-bond donors (Lipinski definition) is 3. The van der Waals surface area contributed by atoms with Gasteiger partial charge < -0.3 is 25.7 Å². The lowest BCUT2D eigenvalue weighted by molar-refractivity contribution is -0.124. The highest BCUT2D eigenvalue weighted by Crippen LogP contribution is 2.38. The molecule has 1 atom stereocenters. The van der Waals surface area contributed by atoms with Gasteiger partial charge in [0.15, 0.2) is 11.0 Å². The molecule has 3 aliphatic heterocycles. The lowest BCUT2D eigenvalue weighted by atomic mass is 9.82. The third kappa shape index (κ3) is 4.76. The number of nitrogens with one attached hydrogen (secondary N) is 2. The standard InChI is InChI=1S/C28H32N6O2S/c1-4-28(26(29)35,23-14-20(10-7-18(23)2)31-21-15-30-16-21)34-13-5-6-24-25(34)33-27(32-24)37-17-19-8-11-22(36-3)12-9-19/h5-14,21,30-31H,4,15-17H2,1-3H3,(H2,29,35). The average Bonchev–Trinajstić information content (AvgIpc) is 3.31. The minimum atomic E-state index is -1.11. The number of nitrogens with zero attached hydrogens (tertiary/aromatic N) is 3. The molecule has 2 aromatic carbocycles. The number of rotatable bonds is 10. The van der Waals surface area contributed by atoms with Crippen molar-refractivity contribution in [2.75, 3.05) is 25.5 Å². The average molecular weight is 517 g/mol. The summed E-state index contributed by atoms with van der Waals surface area (Å²) in [6.45, 7) is 5.85. The van der Waals surface area contributed by atoms with E-state index in [-0.39, 0.29) is 0 Å². The van der Waals surface area contributed by atoms with Gasteiger partial charge in [0.25, 0.3) is 0 Å². The molecule has 37 heavy (non-hydrogen) atoms. The maximum Gasteiger partial charge on any atom is 0.248 e. The number of ether oxygens (including phenoxy) is 1. The molecule has 0 saturated carbocycles. The van der Waals surface area contributed by atoms with E-state index < -0.39 is 11.4 Å². The molecule has 5 rings (SSSR count). The van der Waals surface area contributed by atoms with Crippen LogP contribution in [0.1, 0.15) is 30.0 Å². The van der Waals surface area contributed by atoms with E-state index in [1.54, 1.807) is 18.9 Å². The Kier molecular flexibility index (Phi) is 7.08. The van der Waals surface area contributed by atoms with Crippen molar-refractivity contribution >= 4 is 23.4 Å². The van der Waals surface area contributed by atoms with E-state index in [9.17, 15) is 4.79 Å². The van der Waals surface area contributed by atoms with Crippen molar-refractivity contribution in [3.8, 4) is 17.3 Å². The number of pyridine rings is 1. The van der Waals surface area contributed by atoms with E-state index in [0.717, 1.165) is 52.7 Å². The molecule has 2 aromatic rings. The van der Waals surface area contributed by atoms with Gasteiger partial charge in [-0.1, -0.05) is 36.9 Å². The monoisotopic (exact) mass is 516 g/mol. The Bertz CT molecular complexity index is 1370. The van der Waals surface area contributed by atoms with E-state index in [1.807, 2.05) is 67.1 Å². The number of primary amides is 1. The molecule has 4 N–H and O–H groups in total. The smallest absolute Gasteiger partial charge is 0.248 e. The number of nitrogens with two attached hydrogens (primary N) is 1. The Morgan fingerprint density at radius 3 is 2.65 bits per heavy atom. The fraction of sp³-hybridized carbons (Fsp3) is 0.321. The predicted octanol–water partition coefficient (Wildman–Crippen LogP) is 4.01. The van der Waals surface area contributed by atoms with E-state index in [2.05, 4.69) is 22.8 Å². The predicted molar refractivity (Wildman–Crippen MR) is 147 cm³/mol. The summed E-state index contributed by atoms with van der Waals surface area (Å²) in [5.74, 6) is 1.76. The van der Waals surface area contributed by atoms with E-state index >= 15 is 0 Å². The first-order valence-corrected chi connectivity index (χ1v) is 13.4. The minimum absolute atomic E-state index is 0.377. The van der Waals surface area contributed by atoms with Crippen LogP contribution in [0.25, 0.3) is 11.5 Å². The maximum atomic E-state index is 13.3. The molecule has 3 heterocycles. The molecule has 1 amide bonds. The largest absolute Gasteiger partial charge is 0.497 e. The van der Waals surface area contributed by atoms with Gasteiger partial charge in [-0.05, 0) is 66.4 Å². The van der Waals surface area contributed by atoms with Crippen molar-refractivity contribution in [3.05, 3.63) is 77.5 Å². The SMILES string of the molecule is CCC(C(N)=O)(c1cc(NC2CNC2)ccc1C)n1cccc2nc(SCc3ccc(OC)cc3)nc1-2. The number of carbonyl (C=O) groups is 1. The molecule has 3 aliphatic rings. The molecule has 1 saturated heterocycles. The van der Waals surface area contributed by atoms with Crippen LogP contribution in [-0.4, -0.2) is 46.7 Å². The fourth-order valence-corrected chi connectivity index (χ4v) is 5.65. The van der Waals surface area contributed by atoms with Gasteiger partial charge in [0.2, 0.25) is 5.91 Å². The second-order valence-corrected chi connectivity index (χ2v) is 10.3. The quantitative estimate of drug-likeness (QED) is 0.273. The molecule has 0 aliphatic carbocycles. The van der Waals surface area contributed by atoms with Crippen molar-refractivity contribution in [3.63, 3.8) is 0 Å². The van der Waals surface area contributed by atoms with Gasteiger partial charge in [0.1, 0.15) is 17.0 Å². The van der Waals surface area contributed by atoms with Crippen LogP contribution < -0.4 is 21.1 Å². The first-order chi connectivity index (χ1) is 17.9. The van der Waals surface area contributed by atoms with Crippen LogP contribution >= 0.6 is 11.8 Å². The number of hydrogen-bond acceptors (Lipinski definition) is 7. The zero-order chi connectivity index (χ0) is 26.0. The summed E-state index contributed by atoms with van der Waals surface area (Å²) in [5, 5.41) is 7.49. The Balaban J connectivity index is 1.52. The Labute approximate surface area is 221 Å². The third-order valence-corrected chi connectivity index (χ3v) is 7.98. The molecule has 0 spiro atoms. The van der Waals surface area contributed by atoms with E-state index in [1.165, 1.54) is 0 Å². The number of aromatic nitrogens is 3. The van der Waals surface area contributed by atoms with Crippen molar-refractivity contribution < 1.29 is 9.53 Å². The first-order valence-electron chi connectivity index (χ1n) is 12.4. The molecule has 192 valence electrons. The summed E-state index contributed by atoms with van der Waals surface area (Å²) in [5.41, 5.74) is 9.81. The van der Waals surface area contributed by atoms with Crippen LogP contribution in [-0.2, 0) is 16.1 Å².